The van der Waals surface area contributed by atoms with Crippen molar-refractivity contribution in [2.24, 2.45) is 0 Å². The summed E-state index contributed by atoms with van der Waals surface area (Å²) in [6.45, 7) is 0. The van der Waals surface area contributed by atoms with Crippen molar-refractivity contribution >= 4 is 19.7 Å². The van der Waals surface area contributed by atoms with Gasteiger partial charge in [0.1, 0.15) is 0 Å². The minimum absolute atomic E-state index is 0.104. The van der Waals surface area contributed by atoms with Gasteiger partial charge in [-0.25, -0.2) is 16.8 Å². The van der Waals surface area contributed by atoms with Gasteiger partial charge in [0.15, 0.2) is 19.7 Å². The molecular weight excluding hydrogens is 250 g/mol. The number of hydrogen-bond donors (Lipinski definition) is 0. The molecule has 0 aliphatic rings. The fraction of sp³-hybridized carbons (Fsp3) is 0.222. The zero-order valence-corrected chi connectivity index (χ0v) is 10.3. The van der Waals surface area contributed by atoms with E-state index in [1.54, 1.807) is 6.07 Å². The van der Waals surface area contributed by atoms with Gasteiger partial charge in [-0.1, -0.05) is 0 Å². The zero-order valence-electron chi connectivity index (χ0n) is 8.63. The Morgan fingerprint density at radius 1 is 1.00 bits per heavy atom. The molecule has 1 aromatic rings. The summed E-state index contributed by atoms with van der Waals surface area (Å²) in [4.78, 5) is -0.622. The summed E-state index contributed by atoms with van der Waals surface area (Å²) in [5, 5.41) is 8.63. The van der Waals surface area contributed by atoms with Crippen molar-refractivity contribution in [3.8, 4) is 6.07 Å². The molecule has 16 heavy (non-hydrogen) atoms. The fourth-order valence-electron chi connectivity index (χ4n) is 1.17. The molecule has 0 unspecified atom stereocenters. The van der Waals surface area contributed by atoms with Gasteiger partial charge in [-0.3, -0.25) is 0 Å². The lowest BCUT2D eigenvalue weighted by molar-refractivity contribution is 0.589. The van der Waals surface area contributed by atoms with Gasteiger partial charge in [-0.2, -0.15) is 5.26 Å². The molecule has 1 rings (SSSR count). The van der Waals surface area contributed by atoms with Crippen molar-refractivity contribution in [2.45, 2.75) is 9.79 Å². The Morgan fingerprint density at radius 3 is 1.88 bits per heavy atom. The van der Waals surface area contributed by atoms with Crippen LogP contribution in [-0.2, 0) is 19.7 Å². The molecule has 0 aromatic heterocycles. The van der Waals surface area contributed by atoms with E-state index in [2.05, 4.69) is 0 Å². The molecule has 0 spiro atoms. The van der Waals surface area contributed by atoms with Gasteiger partial charge in [0, 0.05) is 12.5 Å². The van der Waals surface area contributed by atoms with Crippen LogP contribution in [0.15, 0.2) is 28.0 Å². The molecule has 5 nitrogen and oxygen atoms in total. The first-order chi connectivity index (χ1) is 7.16. The third-order valence-electron chi connectivity index (χ3n) is 1.87. The maximum atomic E-state index is 11.4. The number of hydrogen-bond acceptors (Lipinski definition) is 5. The van der Waals surface area contributed by atoms with Crippen molar-refractivity contribution in [3.05, 3.63) is 23.8 Å². The monoisotopic (exact) mass is 259 g/mol. The summed E-state index contributed by atoms with van der Waals surface area (Å²) in [6, 6.07) is 5.22. The van der Waals surface area contributed by atoms with Gasteiger partial charge in [0.2, 0.25) is 0 Å². The van der Waals surface area contributed by atoms with Crippen LogP contribution < -0.4 is 0 Å². The van der Waals surface area contributed by atoms with Crippen LogP contribution in [0.25, 0.3) is 0 Å². The van der Waals surface area contributed by atoms with Crippen LogP contribution in [0, 0.1) is 11.3 Å². The molecule has 0 N–H and O–H groups in total. The largest absolute Gasteiger partial charge is 0.224 e. The summed E-state index contributed by atoms with van der Waals surface area (Å²) in [7, 11) is -7.31. The van der Waals surface area contributed by atoms with E-state index in [-0.39, 0.29) is 15.4 Å². The molecule has 0 radical (unpaired) electrons. The average Bonchev–Trinajstić information content (AvgIpc) is 2.14. The van der Waals surface area contributed by atoms with Crippen molar-refractivity contribution in [2.75, 3.05) is 12.5 Å². The van der Waals surface area contributed by atoms with E-state index < -0.39 is 19.7 Å². The summed E-state index contributed by atoms with van der Waals surface area (Å²) in [6.07, 6.45) is 1.82. The predicted molar refractivity (Wildman–Crippen MR) is 57.4 cm³/mol. The molecule has 0 heterocycles. The molecule has 0 amide bonds. The lowest BCUT2D eigenvalue weighted by atomic mass is 10.2. The van der Waals surface area contributed by atoms with E-state index >= 15 is 0 Å². The number of rotatable bonds is 2. The third-order valence-corrected chi connectivity index (χ3v) is 4.29. The summed E-state index contributed by atoms with van der Waals surface area (Å²) in [5.41, 5.74) is 0.104. The number of sulfone groups is 2. The van der Waals surface area contributed by atoms with Crippen LogP contribution in [-0.4, -0.2) is 29.3 Å². The van der Waals surface area contributed by atoms with Gasteiger partial charge >= 0.3 is 0 Å². The molecular formula is C9H9NO4S2. The van der Waals surface area contributed by atoms with Crippen LogP contribution in [0.3, 0.4) is 0 Å². The second kappa shape index (κ2) is 3.88. The smallest absolute Gasteiger partial charge is 0.176 e. The Morgan fingerprint density at radius 2 is 1.50 bits per heavy atom. The van der Waals surface area contributed by atoms with Gasteiger partial charge in [-0.05, 0) is 18.2 Å². The van der Waals surface area contributed by atoms with Crippen LogP contribution in [0.5, 0.6) is 0 Å². The topological polar surface area (TPSA) is 92.1 Å². The van der Waals surface area contributed by atoms with Crippen LogP contribution in [0.4, 0.5) is 0 Å². The van der Waals surface area contributed by atoms with E-state index in [0.29, 0.717) is 0 Å². The maximum Gasteiger partial charge on any atom is 0.176 e. The Balaban J connectivity index is 3.75. The van der Waals surface area contributed by atoms with Crippen molar-refractivity contribution in [1.29, 1.82) is 5.26 Å². The first-order valence-electron chi connectivity index (χ1n) is 4.10. The zero-order chi connectivity index (χ0) is 12.6. The van der Waals surface area contributed by atoms with Gasteiger partial charge in [-0.15, -0.1) is 0 Å². The van der Waals surface area contributed by atoms with Crippen LogP contribution in [0.2, 0.25) is 0 Å². The van der Waals surface area contributed by atoms with E-state index in [9.17, 15) is 16.8 Å². The second-order valence-electron chi connectivity index (χ2n) is 3.32. The Hall–Kier alpha value is -1.39. The Labute approximate surface area is 94.2 Å². The molecule has 0 atom stereocenters. The van der Waals surface area contributed by atoms with Gasteiger partial charge < -0.3 is 0 Å². The van der Waals surface area contributed by atoms with Crippen LogP contribution in [0.1, 0.15) is 5.56 Å². The summed E-state index contributed by atoms with van der Waals surface area (Å²) in [5.74, 6) is 0. The summed E-state index contributed by atoms with van der Waals surface area (Å²) >= 11 is 0. The fourth-order valence-corrected chi connectivity index (χ4v) is 3.60. The minimum Gasteiger partial charge on any atom is -0.224 e. The average molecular weight is 259 g/mol. The highest BCUT2D eigenvalue weighted by molar-refractivity contribution is 7.93. The van der Waals surface area contributed by atoms with Crippen LogP contribution >= 0.6 is 0 Å². The minimum atomic E-state index is -3.68. The standard InChI is InChI=1S/C9H9NO4S2/c1-15(11,12)8-4-3-7(6-10)5-9(8)16(2,13)14/h3-5H,1-2H3. The molecule has 0 fully saturated rings. The van der Waals surface area contributed by atoms with E-state index in [4.69, 9.17) is 5.26 Å². The van der Waals surface area contributed by atoms with E-state index in [1.807, 2.05) is 0 Å². The highest BCUT2D eigenvalue weighted by Crippen LogP contribution is 2.22. The number of nitrogens with zero attached hydrogens (tertiary/aromatic N) is 1. The predicted octanol–water partition coefficient (Wildman–Crippen LogP) is 0.365. The molecule has 0 saturated carbocycles. The third kappa shape index (κ3) is 2.59. The molecule has 7 heteroatoms. The number of benzene rings is 1. The first-order valence-corrected chi connectivity index (χ1v) is 7.89. The second-order valence-corrected chi connectivity index (χ2v) is 7.29. The molecule has 0 aliphatic carbocycles. The normalized spacial score (nSPS) is 12.1. The molecule has 86 valence electrons. The SMILES string of the molecule is CS(=O)(=O)c1ccc(C#N)cc1S(C)(=O)=O. The molecule has 1 aromatic carbocycles. The summed E-state index contributed by atoms with van der Waals surface area (Å²) < 4.78 is 45.5. The molecule has 0 saturated heterocycles. The molecule has 0 aliphatic heterocycles. The molecule has 0 bridgehead atoms. The first kappa shape index (κ1) is 12.7. The highest BCUT2D eigenvalue weighted by Gasteiger charge is 2.20. The van der Waals surface area contributed by atoms with Gasteiger partial charge in [0.25, 0.3) is 0 Å². The quantitative estimate of drug-likeness (QED) is 0.764. The Kier molecular flexibility index (Phi) is 3.08. The number of nitriles is 1. The Bertz CT molecular complexity index is 666. The van der Waals surface area contributed by atoms with Crippen molar-refractivity contribution in [3.63, 3.8) is 0 Å². The highest BCUT2D eigenvalue weighted by atomic mass is 32.2. The van der Waals surface area contributed by atoms with E-state index in [1.165, 1.54) is 6.07 Å². The van der Waals surface area contributed by atoms with Gasteiger partial charge in [0.05, 0.1) is 21.4 Å². The lowest BCUT2D eigenvalue weighted by Gasteiger charge is -2.05. The van der Waals surface area contributed by atoms with Crippen molar-refractivity contribution in [1.82, 2.24) is 0 Å². The van der Waals surface area contributed by atoms with E-state index in [0.717, 1.165) is 24.6 Å². The lowest BCUT2D eigenvalue weighted by Crippen LogP contribution is -2.07. The van der Waals surface area contributed by atoms with Crippen molar-refractivity contribution < 1.29 is 16.8 Å². The maximum absolute atomic E-state index is 11.4.